The van der Waals surface area contributed by atoms with Crippen molar-refractivity contribution >= 4 is 27.8 Å². The molecule has 0 radical (unpaired) electrons. The smallest absolute Gasteiger partial charge is 0.0543 e. The van der Waals surface area contributed by atoms with Crippen LogP contribution in [-0.2, 0) is 5.41 Å². The number of hydrogen-bond acceptors (Lipinski definition) is 1. The first kappa shape index (κ1) is 22.9. The minimum atomic E-state index is 0.166. The molecule has 0 aliphatic heterocycles. The molecule has 4 saturated carbocycles. The number of rotatable bonds is 3. The lowest BCUT2D eigenvalue weighted by atomic mass is 9.51. The van der Waals surface area contributed by atoms with Gasteiger partial charge in [0.15, 0.2) is 0 Å². The number of anilines is 3. The fourth-order valence-corrected chi connectivity index (χ4v) is 9.83. The van der Waals surface area contributed by atoms with Crippen molar-refractivity contribution in [3.63, 3.8) is 0 Å². The van der Waals surface area contributed by atoms with Crippen LogP contribution in [0.15, 0.2) is 115 Å². The average molecular weight is 518 g/mol. The highest BCUT2D eigenvalue weighted by Crippen LogP contribution is 2.68. The predicted octanol–water partition coefficient (Wildman–Crippen LogP) is 10.4. The van der Waals surface area contributed by atoms with E-state index in [0.717, 1.165) is 23.7 Å². The molecule has 1 spiro atoms. The summed E-state index contributed by atoms with van der Waals surface area (Å²) in [6.45, 7) is 0. The Bertz CT molecular complexity index is 1740. The van der Waals surface area contributed by atoms with Gasteiger partial charge in [0.2, 0.25) is 0 Å². The van der Waals surface area contributed by atoms with Crippen LogP contribution >= 0.6 is 0 Å². The normalized spacial score (nSPS) is 27.5. The summed E-state index contributed by atoms with van der Waals surface area (Å²) in [5.74, 6) is 3.40. The van der Waals surface area contributed by atoms with Gasteiger partial charge in [0.05, 0.1) is 5.69 Å². The van der Waals surface area contributed by atoms with E-state index < -0.39 is 0 Å². The summed E-state index contributed by atoms with van der Waals surface area (Å²) in [5, 5.41) is 2.56. The van der Waals surface area contributed by atoms with Gasteiger partial charge >= 0.3 is 0 Å². The maximum Gasteiger partial charge on any atom is 0.0543 e. The Kier molecular flexibility index (Phi) is 4.92. The minimum Gasteiger partial charge on any atom is -0.310 e. The number of hydrogen-bond donors (Lipinski definition) is 0. The summed E-state index contributed by atoms with van der Waals surface area (Å²) in [7, 11) is 0. The molecule has 1 nitrogen and oxygen atoms in total. The lowest BCUT2D eigenvalue weighted by Gasteiger charge is -2.53. The number of nitrogens with zero attached hydrogens (tertiary/aromatic N) is 1. The molecule has 0 saturated heterocycles. The molecule has 5 aromatic rings. The molecule has 5 aliphatic rings. The van der Waals surface area contributed by atoms with Crippen molar-refractivity contribution in [3.05, 3.63) is 126 Å². The molecular weight excluding hydrogens is 482 g/mol. The monoisotopic (exact) mass is 517 g/mol. The molecule has 196 valence electrons. The maximum atomic E-state index is 2.52. The predicted molar refractivity (Wildman–Crippen MR) is 167 cm³/mol. The maximum absolute atomic E-state index is 2.52. The molecule has 0 aromatic heterocycles. The Labute approximate surface area is 237 Å². The van der Waals surface area contributed by atoms with Gasteiger partial charge in [-0.15, -0.1) is 0 Å². The van der Waals surface area contributed by atoms with Gasteiger partial charge in [0.1, 0.15) is 0 Å². The van der Waals surface area contributed by atoms with Crippen LogP contribution in [-0.4, -0.2) is 0 Å². The third-order valence-corrected chi connectivity index (χ3v) is 11.1. The highest BCUT2D eigenvalue weighted by molar-refractivity contribution is 5.97. The molecule has 40 heavy (non-hydrogen) atoms. The van der Waals surface area contributed by atoms with Crippen molar-refractivity contribution in [2.45, 2.75) is 43.9 Å². The largest absolute Gasteiger partial charge is 0.310 e. The summed E-state index contributed by atoms with van der Waals surface area (Å²) in [6.07, 6.45) is 8.56. The van der Waals surface area contributed by atoms with Crippen molar-refractivity contribution in [2.24, 2.45) is 23.7 Å². The Morgan fingerprint density at radius 2 is 1.27 bits per heavy atom. The molecule has 4 fully saturated rings. The van der Waals surface area contributed by atoms with Crippen LogP contribution in [0.4, 0.5) is 17.1 Å². The Morgan fingerprint density at radius 3 is 2.20 bits per heavy atom. The molecule has 5 atom stereocenters. The van der Waals surface area contributed by atoms with Gasteiger partial charge < -0.3 is 4.90 Å². The van der Waals surface area contributed by atoms with E-state index in [2.05, 4.69) is 120 Å². The van der Waals surface area contributed by atoms with E-state index in [9.17, 15) is 0 Å². The van der Waals surface area contributed by atoms with Gasteiger partial charge in [-0.05, 0) is 114 Å². The minimum absolute atomic E-state index is 0.166. The van der Waals surface area contributed by atoms with Crippen LogP contribution in [0.2, 0.25) is 0 Å². The molecule has 5 unspecified atom stereocenters. The van der Waals surface area contributed by atoms with Crippen LogP contribution < -0.4 is 4.90 Å². The molecule has 0 heterocycles. The van der Waals surface area contributed by atoms with Gasteiger partial charge in [-0.2, -0.15) is 0 Å². The summed E-state index contributed by atoms with van der Waals surface area (Å²) in [4.78, 5) is 2.52. The second kappa shape index (κ2) is 8.58. The van der Waals surface area contributed by atoms with Crippen molar-refractivity contribution in [2.75, 3.05) is 4.90 Å². The molecule has 5 aliphatic carbocycles. The summed E-state index contributed by atoms with van der Waals surface area (Å²) in [5.41, 5.74) is 10.1. The molecule has 10 rings (SSSR count). The first-order chi connectivity index (χ1) is 19.8. The van der Waals surface area contributed by atoms with Crippen molar-refractivity contribution in [3.8, 4) is 11.1 Å². The molecule has 0 amide bonds. The number of para-hydroxylation sites is 1. The number of fused-ring (bicyclic) bond motifs is 5. The third kappa shape index (κ3) is 3.10. The zero-order valence-electron chi connectivity index (χ0n) is 23.0. The fraction of sp³-hybridized carbons (Fsp3) is 0.282. The Morgan fingerprint density at radius 1 is 0.525 bits per heavy atom. The molecule has 5 aromatic carbocycles. The van der Waals surface area contributed by atoms with Gasteiger partial charge in [0, 0.05) is 22.4 Å². The van der Waals surface area contributed by atoms with E-state index in [4.69, 9.17) is 0 Å². The van der Waals surface area contributed by atoms with Crippen molar-refractivity contribution in [1.82, 2.24) is 0 Å². The topological polar surface area (TPSA) is 3.24 Å². The zero-order chi connectivity index (χ0) is 26.3. The SMILES string of the molecule is c1ccc(N(c2ccc3ccccc3c2)c2cccc3c2-c2ccccc2C32C3CCC4CC(C3)CC2C4)cc1. The third-order valence-electron chi connectivity index (χ3n) is 11.1. The highest BCUT2D eigenvalue weighted by Gasteiger charge is 2.59. The van der Waals surface area contributed by atoms with Gasteiger partial charge in [-0.25, -0.2) is 0 Å². The van der Waals surface area contributed by atoms with Crippen LogP contribution in [0.1, 0.15) is 49.7 Å². The van der Waals surface area contributed by atoms with E-state index in [1.165, 1.54) is 77.5 Å². The van der Waals surface area contributed by atoms with E-state index in [-0.39, 0.29) is 5.41 Å². The lowest BCUT2D eigenvalue weighted by molar-refractivity contribution is 0.0618. The quantitative estimate of drug-likeness (QED) is 0.230. The Balaban J connectivity index is 1.32. The van der Waals surface area contributed by atoms with Gasteiger partial charge in [0.25, 0.3) is 0 Å². The van der Waals surface area contributed by atoms with Crippen molar-refractivity contribution < 1.29 is 0 Å². The molecule has 4 bridgehead atoms. The lowest BCUT2D eigenvalue weighted by Crippen LogP contribution is -2.48. The molecule has 1 heteroatoms. The van der Waals surface area contributed by atoms with Crippen LogP contribution in [0.5, 0.6) is 0 Å². The molecule has 0 N–H and O–H groups in total. The average Bonchev–Trinajstić information content (AvgIpc) is 3.15. The van der Waals surface area contributed by atoms with Crippen LogP contribution in [0.25, 0.3) is 21.9 Å². The van der Waals surface area contributed by atoms with E-state index >= 15 is 0 Å². The molecular formula is C39H35N. The van der Waals surface area contributed by atoms with E-state index in [1.807, 2.05) is 0 Å². The summed E-state index contributed by atoms with van der Waals surface area (Å²) < 4.78 is 0. The Hall–Kier alpha value is -3.84. The fourth-order valence-electron chi connectivity index (χ4n) is 9.83. The van der Waals surface area contributed by atoms with Crippen LogP contribution in [0, 0.1) is 23.7 Å². The first-order valence-corrected chi connectivity index (χ1v) is 15.4. The second-order valence-corrected chi connectivity index (χ2v) is 13.0. The van der Waals surface area contributed by atoms with Crippen molar-refractivity contribution in [1.29, 1.82) is 0 Å². The van der Waals surface area contributed by atoms with Crippen LogP contribution in [0.3, 0.4) is 0 Å². The van der Waals surface area contributed by atoms with E-state index in [0.29, 0.717) is 0 Å². The first-order valence-electron chi connectivity index (χ1n) is 15.4. The van der Waals surface area contributed by atoms with E-state index in [1.54, 1.807) is 11.1 Å². The standard InChI is InChI=1S/C39H35N/c1-2-11-32(12-3-1)40(33-20-18-28-9-4-5-10-29(28)25-33)37-16-8-15-36-38(37)34-13-6-7-14-35(34)39(36)30-19-17-26-21-27(23-30)24-31(39)22-26/h1-16,18,20,25-27,30-31H,17,19,21-24H2. The van der Waals surface area contributed by atoms with Gasteiger partial charge in [-0.3, -0.25) is 0 Å². The summed E-state index contributed by atoms with van der Waals surface area (Å²) >= 11 is 0. The highest BCUT2D eigenvalue weighted by atomic mass is 15.1. The van der Waals surface area contributed by atoms with Gasteiger partial charge in [-0.1, -0.05) is 91.3 Å². The zero-order valence-corrected chi connectivity index (χ0v) is 23.0. The number of benzene rings is 5. The summed E-state index contributed by atoms with van der Waals surface area (Å²) in [6, 6.07) is 43.4. The second-order valence-electron chi connectivity index (χ2n) is 13.0.